The van der Waals surface area contributed by atoms with Crippen LogP contribution < -0.4 is 4.90 Å². The number of aromatic amines is 1. The van der Waals surface area contributed by atoms with E-state index < -0.39 is 5.82 Å². The number of nitrogens with one attached hydrogen (secondary N) is 1. The molecule has 1 saturated carbocycles. The molecule has 3 aliphatic rings. The zero-order valence-corrected chi connectivity index (χ0v) is 24.5. The van der Waals surface area contributed by atoms with Gasteiger partial charge in [0.05, 0.1) is 17.3 Å². The summed E-state index contributed by atoms with van der Waals surface area (Å²) in [6, 6.07) is 2.17. The molecule has 6 rings (SSSR count). The molecule has 1 N–H and O–H groups in total. The van der Waals surface area contributed by atoms with Gasteiger partial charge in [-0.05, 0) is 77.9 Å². The van der Waals surface area contributed by atoms with E-state index in [1.165, 1.54) is 0 Å². The minimum Gasteiger partial charge on any atom is -0.353 e. The Bertz CT molecular complexity index is 1610. The van der Waals surface area contributed by atoms with Crippen molar-refractivity contribution >= 4 is 40.0 Å². The van der Waals surface area contributed by atoms with E-state index in [0.29, 0.717) is 52.5 Å². The van der Waals surface area contributed by atoms with Crippen LogP contribution in [0.1, 0.15) is 67.4 Å². The topological polar surface area (TPSA) is 64.2 Å². The van der Waals surface area contributed by atoms with Gasteiger partial charge in [0.25, 0.3) is 0 Å². The number of aromatic nitrogens is 4. The van der Waals surface area contributed by atoms with Gasteiger partial charge in [-0.15, -0.1) is 0 Å². The molecule has 40 heavy (non-hydrogen) atoms. The van der Waals surface area contributed by atoms with Crippen LogP contribution in [0.25, 0.3) is 22.6 Å². The SMILES string of the molecule is CC1=C(c2c(Cl)cc3c(N4CCN(C)C(C)C4)nc(C#CCN(C)C)nc3c2F)c2c(n[nH]c2C2CC2)C=CC1. The molecule has 1 aliphatic heterocycles. The third kappa shape index (κ3) is 4.91. The van der Waals surface area contributed by atoms with Crippen LogP contribution in [0.3, 0.4) is 0 Å². The van der Waals surface area contributed by atoms with Crippen molar-refractivity contribution in [1.82, 2.24) is 30.0 Å². The number of piperazine rings is 1. The first-order valence-corrected chi connectivity index (χ1v) is 14.3. The zero-order valence-electron chi connectivity index (χ0n) is 23.8. The fraction of sp³-hybridized carbons (Fsp3) is 0.452. The van der Waals surface area contributed by atoms with Gasteiger partial charge < -0.3 is 9.80 Å². The van der Waals surface area contributed by atoms with E-state index in [0.717, 1.165) is 60.6 Å². The maximum Gasteiger partial charge on any atom is 0.207 e. The lowest BCUT2D eigenvalue weighted by atomic mass is 9.90. The average Bonchev–Trinajstić information content (AvgIpc) is 3.70. The second-order valence-corrected chi connectivity index (χ2v) is 12.0. The quantitative estimate of drug-likeness (QED) is 0.437. The summed E-state index contributed by atoms with van der Waals surface area (Å²) in [7, 11) is 6.04. The van der Waals surface area contributed by atoms with Gasteiger partial charge in [-0.1, -0.05) is 29.2 Å². The summed E-state index contributed by atoms with van der Waals surface area (Å²) < 4.78 is 16.9. The predicted octanol–water partition coefficient (Wildman–Crippen LogP) is 5.31. The maximum absolute atomic E-state index is 16.9. The van der Waals surface area contributed by atoms with E-state index in [2.05, 4.69) is 56.9 Å². The lowest BCUT2D eigenvalue weighted by molar-refractivity contribution is 0.233. The summed E-state index contributed by atoms with van der Waals surface area (Å²) in [6.45, 7) is 7.23. The van der Waals surface area contributed by atoms with Gasteiger partial charge in [-0.3, -0.25) is 10.00 Å². The summed E-state index contributed by atoms with van der Waals surface area (Å²) in [4.78, 5) is 16.0. The number of likely N-dealkylation sites (N-methyl/N-ethyl adjacent to an activating group) is 1. The molecule has 1 saturated heterocycles. The lowest BCUT2D eigenvalue weighted by Crippen LogP contribution is -2.50. The Kier molecular flexibility index (Phi) is 7.16. The first-order chi connectivity index (χ1) is 19.2. The zero-order chi connectivity index (χ0) is 28.1. The number of fused-ring (bicyclic) bond motifs is 2. The molecule has 1 aromatic carbocycles. The number of H-pyrrole nitrogens is 1. The standard InChI is InChI=1S/C31H35ClFN7/c1-18-8-6-9-23-27(29(37-36-23)20-11-12-20)25(18)26-22(32)16-21-30(28(26)33)34-24(10-7-13-38(3)4)35-31(21)40-15-14-39(5)19(2)17-40/h6,9,16,19-20H,8,11-15,17H2,1-5H3,(H,36,37). The van der Waals surface area contributed by atoms with Crippen molar-refractivity contribution in [3.63, 3.8) is 0 Å². The monoisotopic (exact) mass is 559 g/mol. The van der Waals surface area contributed by atoms with E-state index in [1.807, 2.05) is 38.1 Å². The molecular formula is C31H35ClFN7. The molecule has 9 heteroatoms. The Morgan fingerprint density at radius 1 is 1.20 bits per heavy atom. The summed E-state index contributed by atoms with van der Waals surface area (Å²) in [6.07, 6.45) is 7.01. The highest BCUT2D eigenvalue weighted by molar-refractivity contribution is 6.33. The largest absolute Gasteiger partial charge is 0.353 e. The van der Waals surface area contributed by atoms with Crippen LogP contribution in [-0.2, 0) is 0 Å². The number of halogens is 2. The van der Waals surface area contributed by atoms with Crippen molar-refractivity contribution < 1.29 is 4.39 Å². The third-order valence-electron chi connectivity index (χ3n) is 8.15. The number of rotatable bonds is 4. The predicted molar refractivity (Wildman–Crippen MR) is 160 cm³/mol. The van der Waals surface area contributed by atoms with Gasteiger partial charge in [-0.25, -0.2) is 14.4 Å². The van der Waals surface area contributed by atoms with Gasteiger partial charge in [0.15, 0.2) is 5.82 Å². The molecule has 2 aliphatic carbocycles. The normalized spacial score (nSPS) is 19.7. The van der Waals surface area contributed by atoms with Crippen LogP contribution in [-0.4, -0.2) is 83.3 Å². The Morgan fingerprint density at radius 2 is 2.00 bits per heavy atom. The summed E-state index contributed by atoms with van der Waals surface area (Å²) in [5, 5.41) is 8.80. The minimum absolute atomic E-state index is 0.251. The molecule has 1 atom stereocenters. The van der Waals surface area contributed by atoms with Crippen LogP contribution in [0.4, 0.5) is 10.2 Å². The minimum atomic E-state index is -0.436. The highest BCUT2D eigenvalue weighted by Gasteiger charge is 2.34. The maximum atomic E-state index is 16.9. The molecule has 1 unspecified atom stereocenters. The van der Waals surface area contributed by atoms with Crippen molar-refractivity contribution in [3.05, 3.63) is 56.9 Å². The average molecular weight is 560 g/mol. The number of benzene rings is 1. The second kappa shape index (κ2) is 10.6. The number of hydrogen-bond acceptors (Lipinski definition) is 6. The molecule has 7 nitrogen and oxygen atoms in total. The van der Waals surface area contributed by atoms with Gasteiger partial charge in [0.2, 0.25) is 5.82 Å². The number of hydrogen-bond donors (Lipinski definition) is 1. The Balaban J connectivity index is 1.57. The van der Waals surface area contributed by atoms with Crippen LogP contribution in [0.15, 0.2) is 17.7 Å². The van der Waals surface area contributed by atoms with Crippen molar-refractivity contribution in [2.45, 2.75) is 45.1 Å². The fourth-order valence-corrected chi connectivity index (χ4v) is 5.93. The molecule has 3 aromatic rings. The molecule has 2 aromatic heterocycles. The van der Waals surface area contributed by atoms with Crippen molar-refractivity contribution in [2.75, 3.05) is 52.2 Å². The number of nitrogens with zero attached hydrogens (tertiary/aromatic N) is 6. The summed E-state index contributed by atoms with van der Waals surface area (Å²) >= 11 is 7.02. The smallest absolute Gasteiger partial charge is 0.207 e. The van der Waals surface area contributed by atoms with Gasteiger partial charge in [0, 0.05) is 53.8 Å². The molecular weight excluding hydrogens is 525 g/mol. The van der Waals surface area contributed by atoms with Gasteiger partial charge in [0.1, 0.15) is 11.3 Å². The Labute approximate surface area is 240 Å². The molecule has 0 amide bonds. The van der Waals surface area contributed by atoms with Crippen LogP contribution in [0.2, 0.25) is 5.02 Å². The Hall–Kier alpha value is -3.25. The molecule has 0 bridgehead atoms. The first-order valence-electron chi connectivity index (χ1n) is 14.0. The van der Waals surface area contributed by atoms with Crippen molar-refractivity contribution in [3.8, 4) is 11.8 Å². The molecule has 3 heterocycles. The number of anilines is 1. The molecule has 2 fully saturated rings. The van der Waals surface area contributed by atoms with E-state index in [-0.39, 0.29) is 5.52 Å². The summed E-state index contributed by atoms with van der Waals surface area (Å²) in [5.74, 6) is 7.18. The Morgan fingerprint density at radius 3 is 2.73 bits per heavy atom. The second-order valence-electron chi connectivity index (χ2n) is 11.6. The van der Waals surface area contributed by atoms with Crippen molar-refractivity contribution in [2.24, 2.45) is 0 Å². The lowest BCUT2D eigenvalue weighted by Gasteiger charge is -2.38. The highest BCUT2D eigenvalue weighted by atomic mass is 35.5. The van der Waals surface area contributed by atoms with E-state index in [1.54, 1.807) is 0 Å². The van der Waals surface area contributed by atoms with E-state index in [4.69, 9.17) is 16.6 Å². The highest BCUT2D eigenvalue weighted by Crippen LogP contribution is 2.48. The van der Waals surface area contributed by atoms with Gasteiger partial charge >= 0.3 is 0 Å². The molecule has 0 spiro atoms. The molecule has 0 radical (unpaired) electrons. The van der Waals surface area contributed by atoms with Crippen LogP contribution >= 0.6 is 11.6 Å². The van der Waals surface area contributed by atoms with Crippen LogP contribution in [0.5, 0.6) is 0 Å². The van der Waals surface area contributed by atoms with E-state index in [9.17, 15) is 0 Å². The number of allylic oxidation sites excluding steroid dienone is 2. The first kappa shape index (κ1) is 26.9. The van der Waals surface area contributed by atoms with Gasteiger partial charge in [-0.2, -0.15) is 5.10 Å². The molecule has 208 valence electrons. The van der Waals surface area contributed by atoms with Crippen LogP contribution in [0, 0.1) is 17.7 Å². The van der Waals surface area contributed by atoms with E-state index >= 15 is 4.39 Å². The third-order valence-corrected chi connectivity index (χ3v) is 8.45. The van der Waals surface area contributed by atoms with Crippen molar-refractivity contribution in [1.29, 1.82) is 0 Å². The summed E-state index contributed by atoms with van der Waals surface area (Å²) in [5.41, 5.74) is 5.34. The fourth-order valence-electron chi connectivity index (χ4n) is 5.65.